The molecule has 2 aromatic carbocycles. The van der Waals surface area contributed by atoms with Gasteiger partial charge in [0.15, 0.2) is 0 Å². The Bertz CT molecular complexity index is 960. The zero-order chi connectivity index (χ0) is 19.2. The molecule has 1 aromatic heterocycles. The minimum absolute atomic E-state index is 0.131. The third-order valence-corrected chi connectivity index (χ3v) is 4.81. The highest BCUT2D eigenvalue weighted by molar-refractivity contribution is 7.12. The van der Waals surface area contributed by atoms with Gasteiger partial charge >= 0.3 is 0 Å². The Balaban J connectivity index is 1.62. The van der Waals surface area contributed by atoms with Gasteiger partial charge in [0.1, 0.15) is 0 Å². The van der Waals surface area contributed by atoms with Gasteiger partial charge in [-0.05, 0) is 55.1 Å². The van der Waals surface area contributed by atoms with Crippen LogP contribution in [0, 0.1) is 6.92 Å². The molecule has 0 radical (unpaired) electrons. The maximum Gasteiger partial charge on any atom is 0.271 e. The second-order valence-corrected chi connectivity index (χ2v) is 6.96. The van der Waals surface area contributed by atoms with Gasteiger partial charge in [0.05, 0.1) is 10.6 Å². The molecule has 0 aliphatic rings. The van der Waals surface area contributed by atoms with Crippen molar-refractivity contribution in [3.8, 4) is 0 Å². The summed E-state index contributed by atoms with van der Waals surface area (Å²) in [4.78, 5) is 24.8. The number of nitrogens with one attached hydrogen (secondary N) is 2. The molecule has 6 heteroatoms. The summed E-state index contributed by atoms with van der Waals surface area (Å²) < 4.78 is 0. The highest BCUT2D eigenvalue weighted by Gasteiger charge is 2.08. The molecule has 0 bridgehead atoms. The molecule has 0 aliphatic carbocycles. The van der Waals surface area contributed by atoms with E-state index in [2.05, 4.69) is 15.8 Å². The first-order valence-corrected chi connectivity index (χ1v) is 9.27. The molecule has 0 unspecified atom stereocenters. The van der Waals surface area contributed by atoms with Crippen LogP contribution in [0.5, 0.6) is 0 Å². The quantitative estimate of drug-likeness (QED) is 0.509. The standard InChI is InChI=1S/C21H19N3O2S/c1-14-5-7-17(8-6-14)20(25)24-23-15(2)16-9-11-18(12-10-16)22-21(26)19-4-3-13-27-19/h3-13H,1-2H3,(H,22,26)(H,24,25)/b23-15+. The number of hydrogen-bond donors (Lipinski definition) is 2. The van der Waals surface area contributed by atoms with Crippen LogP contribution in [0.2, 0.25) is 0 Å². The van der Waals surface area contributed by atoms with Crippen molar-refractivity contribution in [2.45, 2.75) is 13.8 Å². The van der Waals surface area contributed by atoms with E-state index in [9.17, 15) is 9.59 Å². The number of benzene rings is 2. The van der Waals surface area contributed by atoms with E-state index in [0.717, 1.165) is 11.1 Å². The van der Waals surface area contributed by atoms with Crippen LogP contribution in [-0.4, -0.2) is 17.5 Å². The van der Waals surface area contributed by atoms with Crippen molar-refractivity contribution >= 4 is 34.6 Å². The van der Waals surface area contributed by atoms with Gasteiger partial charge in [0.25, 0.3) is 11.8 Å². The first-order chi connectivity index (χ1) is 13.0. The summed E-state index contributed by atoms with van der Waals surface area (Å²) in [6, 6.07) is 18.2. The third-order valence-electron chi connectivity index (χ3n) is 3.94. The van der Waals surface area contributed by atoms with Crippen LogP contribution in [-0.2, 0) is 0 Å². The predicted octanol–water partition coefficient (Wildman–Crippen LogP) is 4.46. The Morgan fingerprint density at radius 3 is 2.19 bits per heavy atom. The number of hydrogen-bond acceptors (Lipinski definition) is 4. The number of aryl methyl sites for hydroxylation is 1. The lowest BCUT2D eigenvalue weighted by molar-refractivity contribution is 0.0954. The van der Waals surface area contributed by atoms with Gasteiger partial charge < -0.3 is 5.32 Å². The van der Waals surface area contributed by atoms with Crippen LogP contribution in [0.15, 0.2) is 71.1 Å². The molecular weight excluding hydrogens is 358 g/mol. The van der Waals surface area contributed by atoms with E-state index in [-0.39, 0.29) is 11.8 Å². The number of rotatable bonds is 5. The fraction of sp³-hybridized carbons (Fsp3) is 0.0952. The Morgan fingerprint density at radius 2 is 1.56 bits per heavy atom. The van der Waals surface area contributed by atoms with E-state index in [1.54, 1.807) is 18.2 Å². The minimum atomic E-state index is -0.255. The first kappa shape index (κ1) is 18.5. The van der Waals surface area contributed by atoms with Crippen molar-refractivity contribution < 1.29 is 9.59 Å². The molecule has 2 amide bonds. The lowest BCUT2D eigenvalue weighted by Crippen LogP contribution is -2.19. The number of carbonyl (C=O) groups excluding carboxylic acids is 2. The predicted molar refractivity (Wildman–Crippen MR) is 110 cm³/mol. The van der Waals surface area contributed by atoms with Crippen molar-refractivity contribution in [1.82, 2.24) is 5.43 Å². The molecular formula is C21H19N3O2S. The van der Waals surface area contributed by atoms with E-state index >= 15 is 0 Å². The molecule has 0 saturated carbocycles. The smallest absolute Gasteiger partial charge is 0.271 e. The highest BCUT2D eigenvalue weighted by Crippen LogP contribution is 2.14. The lowest BCUT2D eigenvalue weighted by Gasteiger charge is -2.06. The summed E-state index contributed by atoms with van der Waals surface area (Å²) in [5, 5.41) is 8.87. The SMILES string of the molecule is C/C(=N\NC(=O)c1ccc(C)cc1)c1ccc(NC(=O)c2cccs2)cc1. The molecule has 1 heterocycles. The molecule has 2 N–H and O–H groups in total. The van der Waals surface area contributed by atoms with Gasteiger partial charge in [-0.3, -0.25) is 9.59 Å². The van der Waals surface area contributed by atoms with Crippen molar-refractivity contribution in [3.05, 3.63) is 87.6 Å². The maximum absolute atomic E-state index is 12.1. The van der Waals surface area contributed by atoms with E-state index in [0.29, 0.717) is 21.8 Å². The summed E-state index contributed by atoms with van der Waals surface area (Å²) in [7, 11) is 0. The molecule has 3 rings (SSSR count). The summed E-state index contributed by atoms with van der Waals surface area (Å²) in [5.74, 6) is -0.386. The van der Waals surface area contributed by atoms with E-state index < -0.39 is 0 Å². The number of carbonyl (C=O) groups is 2. The Morgan fingerprint density at radius 1 is 0.889 bits per heavy atom. The zero-order valence-electron chi connectivity index (χ0n) is 15.0. The molecule has 0 saturated heterocycles. The Kier molecular flexibility index (Phi) is 5.78. The van der Waals surface area contributed by atoms with Crippen molar-refractivity contribution in [2.75, 3.05) is 5.32 Å². The molecule has 0 atom stereocenters. The molecule has 0 fully saturated rings. The number of amides is 2. The number of thiophene rings is 1. The molecule has 5 nitrogen and oxygen atoms in total. The van der Waals surface area contributed by atoms with Crippen LogP contribution in [0.25, 0.3) is 0 Å². The van der Waals surface area contributed by atoms with Crippen molar-refractivity contribution in [1.29, 1.82) is 0 Å². The molecule has 3 aromatic rings. The van der Waals surface area contributed by atoms with Crippen LogP contribution in [0.4, 0.5) is 5.69 Å². The fourth-order valence-electron chi connectivity index (χ4n) is 2.36. The molecule has 0 spiro atoms. The van der Waals surface area contributed by atoms with Crippen LogP contribution < -0.4 is 10.7 Å². The van der Waals surface area contributed by atoms with Gasteiger partial charge in [-0.25, -0.2) is 5.43 Å². The lowest BCUT2D eigenvalue weighted by atomic mass is 10.1. The maximum atomic E-state index is 12.1. The monoisotopic (exact) mass is 377 g/mol. The van der Waals surface area contributed by atoms with Gasteiger partial charge in [-0.2, -0.15) is 5.10 Å². The van der Waals surface area contributed by atoms with Gasteiger partial charge in [-0.1, -0.05) is 35.9 Å². The number of anilines is 1. The molecule has 27 heavy (non-hydrogen) atoms. The first-order valence-electron chi connectivity index (χ1n) is 8.39. The topological polar surface area (TPSA) is 70.6 Å². The average molecular weight is 377 g/mol. The highest BCUT2D eigenvalue weighted by atomic mass is 32.1. The molecule has 0 aliphatic heterocycles. The summed E-state index contributed by atoms with van der Waals surface area (Å²) in [6.45, 7) is 3.78. The van der Waals surface area contributed by atoms with E-state index in [1.165, 1.54) is 11.3 Å². The second-order valence-electron chi connectivity index (χ2n) is 6.01. The largest absolute Gasteiger partial charge is 0.321 e. The number of hydrazone groups is 1. The zero-order valence-corrected chi connectivity index (χ0v) is 15.8. The third kappa shape index (κ3) is 4.89. The fourth-order valence-corrected chi connectivity index (χ4v) is 2.98. The second kappa shape index (κ2) is 8.42. The Hall–Kier alpha value is -3.25. The summed E-state index contributed by atoms with van der Waals surface area (Å²) >= 11 is 1.40. The van der Waals surface area contributed by atoms with Crippen LogP contribution >= 0.6 is 11.3 Å². The van der Waals surface area contributed by atoms with Gasteiger partial charge in [0, 0.05) is 11.3 Å². The van der Waals surface area contributed by atoms with E-state index in [4.69, 9.17) is 0 Å². The summed E-state index contributed by atoms with van der Waals surface area (Å²) in [5.41, 5.74) is 6.45. The Labute approximate surface area is 161 Å². The minimum Gasteiger partial charge on any atom is -0.321 e. The van der Waals surface area contributed by atoms with Crippen LogP contribution in [0.3, 0.4) is 0 Å². The average Bonchev–Trinajstić information content (AvgIpc) is 3.22. The van der Waals surface area contributed by atoms with Crippen molar-refractivity contribution in [3.63, 3.8) is 0 Å². The molecule has 136 valence electrons. The van der Waals surface area contributed by atoms with Crippen LogP contribution in [0.1, 0.15) is 38.1 Å². The normalized spacial score (nSPS) is 11.1. The summed E-state index contributed by atoms with van der Waals surface area (Å²) in [6.07, 6.45) is 0. The van der Waals surface area contributed by atoms with Gasteiger partial charge in [-0.15, -0.1) is 11.3 Å². The number of nitrogens with zero attached hydrogens (tertiary/aromatic N) is 1. The van der Waals surface area contributed by atoms with E-state index in [1.807, 2.05) is 61.7 Å². The van der Waals surface area contributed by atoms with Gasteiger partial charge in [0.2, 0.25) is 0 Å². The van der Waals surface area contributed by atoms with Crippen molar-refractivity contribution in [2.24, 2.45) is 5.10 Å².